The molecule has 9 nitrogen and oxygen atoms in total. The SMILES string of the molecule is Cc1cnn(CC2CN(C(=O)Nc3ccc(N4CCOCC4)cn3)CCO2)c1. The second-order valence-corrected chi connectivity index (χ2v) is 7.11. The number of hydrogen-bond donors (Lipinski definition) is 1. The number of amides is 2. The van der Waals surface area contributed by atoms with Crippen LogP contribution >= 0.6 is 0 Å². The molecule has 2 aromatic heterocycles. The van der Waals surface area contributed by atoms with Crippen molar-refractivity contribution in [3.05, 3.63) is 36.3 Å². The molecule has 2 aliphatic rings. The normalized spacial score (nSPS) is 20.2. The first-order chi connectivity index (χ1) is 13.7. The minimum Gasteiger partial charge on any atom is -0.378 e. The van der Waals surface area contributed by atoms with Gasteiger partial charge in [0.2, 0.25) is 0 Å². The van der Waals surface area contributed by atoms with Crippen molar-refractivity contribution in [1.82, 2.24) is 19.7 Å². The van der Waals surface area contributed by atoms with E-state index in [9.17, 15) is 4.79 Å². The predicted octanol–water partition coefficient (Wildman–Crippen LogP) is 1.36. The lowest BCUT2D eigenvalue weighted by molar-refractivity contribution is -0.0220. The number of pyridine rings is 1. The summed E-state index contributed by atoms with van der Waals surface area (Å²) in [5, 5.41) is 7.18. The largest absolute Gasteiger partial charge is 0.378 e. The van der Waals surface area contributed by atoms with E-state index in [2.05, 4.69) is 20.3 Å². The molecule has 1 N–H and O–H groups in total. The number of hydrogen-bond acceptors (Lipinski definition) is 6. The molecular formula is C19H26N6O3. The van der Waals surface area contributed by atoms with E-state index in [4.69, 9.17) is 9.47 Å². The number of rotatable bonds is 4. The lowest BCUT2D eigenvalue weighted by atomic mass is 10.2. The second kappa shape index (κ2) is 8.57. The molecule has 2 fully saturated rings. The molecule has 1 atom stereocenters. The summed E-state index contributed by atoms with van der Waals surface area (Å²) in [5.74, 6) is 0.549. The van der Waals surface area contributed by atoms with Crippen LogP contribution in [0.2, 0.25) is 0 Å². The predicted molar refractivity (Wildman–Crippen MR) is 105 cm³/mol. The summed E-state index contributed by atoms with van der Waals surface area (Å²) in [6.45, 7) is 7.41. The number of anilines is 2. The average molecular weight is 386 g/mol. The highest BCUT2D eigenvalue weighted by Crippen LogP contribution is 2.17. The fraction of sp³-hybridized carbons (Fsp3) is 0.526. The zero-order valence-corrected chi connectivity index (χ0v) is 16.1. The Balaban J connectivity index is 1.31. The highest BCUT2D eigenvalue weighted by molar-refractivity contribution is 5.88. The maximum Gasteiger partial charge on any atom is 0.323 e. The first kappa shape index (κ1) is 18.7. The molecule has 0 radical (unpaired) electrons. The molecule has 2 aromatic rings. The number of urea groups is 1. The zero-order chi connectivity index (χ0) is 19.3. The van der Waals surface area contributed by atoms with E-state index in [0.717, 1.165) is 37.6 Å². The number of ether oxygens (including phenoxy) is 2. The molecule has 1 unspecified atom stereocenters. The highest BCUT2D eigenvalue weighted by atomic mass is 16.5. The standard InChI is InChI=1S/C19H26N6O3/c1-15-10-21-25(12-15)14-17-13-24(6-9-28-17)19(26)22-18-3-2-16(11-20-18)23-4-7-27-8-5-23/h2-3,10-12,17H,4-9,13-14H2,1H3,(H,20,22,26). The van der Waals surface area contributed by atoms with Gasteiger partial charge in [-0.3, -0.25) is 10.00 Å². The van der Waals surface area contributed by atoms with Gasteiger partial charge in [-0.15, -0.1) is 0 Å². The van der Waals surface area contributed by atoms with Gasteiger partial charge in [-0.25, -0.2) is 9.78 Å². The van der Waals surface area contributed by atoms with E-state index in [1.165, 1.54) is 0 Å². The van der Waals surface area contributed by atoms with Crippen LogP contribution in [0.3, 0.4) is 0 Å². The zero-order valence-electron chi connectivity index (χ0n) is 16.1. The van der Waals surface area contributed by atoms with E-state index in [0.29, 0.717) is 32.1 Å². The molecule has 28 heavy (non-hydrogen) atoms. The number of carbonyl (C=O) groups excluding carboxylic acids is 1. The van der Waals surface area contributed by atoms with Gasteiger partial charge in [-0.1, -0.05) is 0 Å². The Morgan fingerprint density at radius 2 is 2.07 bits per heavy atom. The molecule has 0 aromatic carbocycles. The molecule has 2 amide bonds. The van der Waals surface area contributed by atoms with Crippen LogP contribution in [0.1, 0.15) is 5.56 Å². The minimum atomic E-state index is -0.156. The van der Waals surface area contributed by atoms with Gasteiger partial charge in [0.15, 0.2) is 0 Å². The second-order valence-electron chi connectivity index (χ2n) is 7.11. The number of carbonyl (C=O) groups is 1. The molecule has 2 saturated heterocycles. The smallest absolute Gasteiger partial charge is 0.323 e. The molecule has 4 heterocycles. The van der Waals surface area contributed by atoms with Crippen molar-refractivity contribution in [3.8, 4) is 0 Å². The molecule has 0 spiro atoms. The molecule has 2 aliphatic heterocycles. The monoisotopic (exact) mass is 386 g/mol. The Morgan fingerprint density at radius 1 is 1.21 bits per heavy atom. The number of nitrogens with one attached hydrogen (secondary N) is 1. The summed E-state index contributed by atoms with van der Waals surface area (Å²) < 4.78 is 13.0. The van der Waals surface area contributed by atoms with Gasteiger partial charge < -0.3 is 19.3 Å². The van der Waals surface area contributed by atoms with Crippen molar-refractivity contribution in [1.29, 1.82) is 0 Å². The van der Waals surface area contributed by atoms with Gasteiger partial charge in [-0.05, 0) is 24.6 Å². The van der Waals surface area contributed by atoms with Crippen LogP contribution in [0.15, 0.2) is 30.7 Å². The van der Waals surface area contributed by atoms with Gasteiger partial charge >= 0.3 is 6.03 Å². The van der Waals surface area contributed by atoms with Crippen LogP contribution < -0.4 is 10.2 Å². The van der Waals surface area contributed by atoms with Crippen LogP contribution in [-0.2, 0) is 16.0 Å². The molecule has 9 heteroatoms. The maximum atomic E-state index is 12.6. The van der Waals surface area contributed by atoms with Crippen LogP contribution in [-0.4, -0.2) is 77.8 Å². The molecule has 0 bridgehead atoms. The quantitative estimate of drug-likeness (QED) is 0.854. The minimum absolute atomic E-state index is 0.0737. The number of nitrogens with zero attached hydrogens (tertiary/aromatic N) is 5. The van der Waals surface area contributed by atoms with Crippen LogP contribution in [0.5, 0.6) is 0 Å². The van der Waals surface area contributed by atoms with E-state index in [1.807, 2.05) is 36.1 Å². The fourth-order valence-electron chi connectivity index (χ4n) is 3.45. The lowest BCUT2D eigenvalue weighted by Gasteiger charge is -2.32. The van der Waals surface area contributed by atoms with Crippen molar-refractivity contribution in [3.63, 3.8) is 0 Å². The summed E-state index contributed by atoms with van der Waals surface area (Å²) in [7, 11) is 0. The third-order valence-corrected chi connectivity index (χ3v) is 4.94. The van der Waals surface area contributed by atoms with Crippen molar-refractivity contribution >= 4 is 17.5 Å². The lowest BCUT2D eigenvalue weighted by Crippen LogP contribution is -2.48. The summed E-state index contributed by atoms with van der Waals surface area (Å²) in [6, 6.07) is 3.67. The Kier molecular flexibility index (Phi) is 5.73. The molecule has 0 saturated carbocycles. The topological polar surface area (TPSA) is 84.8 Å². The summed E-state index contributed by atoms with van der Waals surface area (Å²) in [6.07, 6.45) is 5.51. The van der Waals surface area contributed by atoms with Crippen molar-refractivity contribution in [2.75, 3.05) is 56.2 Å². The summed E-state index contributed by atoms with van der Waals surface area (Å²) in [4.78, 5) is 21.0. The van der Waals surface area contributed by atoms with Crippen molar-refractivity contribution < 1.29 is 14.3 Å². The molecule has 0 aliphatic carbocycles. The Bertz CT molecular complexity index is 787. The molecule has 4 rings (SSSR count). The van der Waals surface area contributed by atoms with E-state index < -0.39 is 0 Å². The Hall–Kier alpha value is -2.65. The fourth-order valence-corrected chi connectivity index (χ4v) is 3.45. The van der Waals surface area contributed by atoms with E-state index >= 15 is 0 Å². The number of aryl methyl sites for hydroxylation is 1. The van der Waals surface area contributed by atoms with Gasteiger partial charge in [-0.2, -0.15) is 5.10 Å². The van der Waals surface area contributed by atoms with Gasteiger partial charge in [0.05, 0.1) is 57.1 Å². The summed E-state index contributed by atoms with van der Waals surface area (Å²) in [5.41, 5.74) is 2.15. The Labute approximate surface area is 164 Å². The van der Waals surface area contributed by atoms with Crippen LogP contribution in [0, 0.1) is 6.92 Å². The van der Waals surface area contributed by atoms with Crippen LogP contribution in [0.25, 0.3) is 0 Å². The third kappa shape index (κ3) is 4.60. The first-order valence-corrected chi connectivity index (χ1v) is 9.63. The molecule has 150 valence electrons. The van der Waals surface area contributed by atoms with Crippen LogP contribution in [0.4, 0.5) is 16.3 Å². The van der Waals surface area contributed by atoms with Gasteiger partial charge in [0, 0.05) is 25.8 Å². The highest BCUT2D eigenvalue weighted by Gasteiger charge is 2.25. The number of morpholine rings is 2. The Morgan fingerprint density at radius 3 is 2.79 bits per heavy atom. The average Bonchev–Trinajstić information content (AvgIpc) is 3.14. The maximum absolute atomic E-state index is 12.6. The van der Waals surface area contributed by atoms with E-state index in [1.54, 1.807) is 11.1 Å². The molecular weight excluding hydrogens is 360 g/mol. The first-order valence-electron chi connectivity index (χ1n) is 9.63. The van der Waals surface area contributed by atoms with Crippen molar-refractivity contribution in [2.24, 2.45) is 0 Å². The van der Waals surface area contributed by atoms with Crippen molar-refractivity contribution in [2.45, 2.75) is 19.6 Å². The van der Waals surface area contributed by atoms with Gasteiger partial charge in [0.25, 0.3) is 0 Å². The van der Waals surface area contributed by atoms with E-state index in [-0.39, 0.29) is 12.1 Å². The third-order valence-electron chi connectivity index (χ3n) is 4.94. The number of aromatic nitrogens is 3. The summed E-state index contributed by atoms with van der Waals surface area (Å²) >= 11 is 0. The van der Waals surface area contributed by atoms with Gasteiger partial charge in [0.1, 0.15) is 5.82 Å².